The zero-order chi connectivity index (χ0) is 13.9. The molecule has 0 aliphatic heterocycles. The van der Waals surface area contributed by atoms with Gasteiger partial charge in [-0.25, -0.2) is 9.97 Å². The van der Waals surface area contributed by atoms with E-state index in [1.807, 2.05) is 7.05 Å². The Labute approximate surface area is 111 Å². The van der Waals surface area contributed by atoms with Crippen molar-refractivity contribution in [3.63, 3.8) is 0 Å². The van der Waals surface area contributed by atoms with Gasteiger partial charge in [-0.3, -0.25) is 0 Å². The Hall–Kier alpha value is -1.32. The summed E-state index contributed by atoms with van der Waals surface area (Å²) in [5.74, 6) is 2.86. The molecule has 1 heterocycles. The maximum Gasteiger partial charge on any atom is 0.138 e. The fraction of sp³-hybridized carbons (Fsp3) is 0.714. The topological polar surface area (TPSA) is 41.1 Å². The standard InChI is InChI=1S/C14H26N4/c1-8-18(9-2)12-10(3)11(15-7)16-13(17-12)14(4,5)6/h8-9H2,1-7H3,(H,15,16,17). The summed E-state index contributed by atoms with van der Waals surface area (Å²) in [6.07, 6.45) is 0. The number of aromatic nitrogens is 2. The smallest absolute Gasteiger partial charge is 0.138 e. The Kier molecular flexibility index (Phi) is 4.54. The number of hydrogen-bond donors (Lipinski definition) is 1. The lowest BCUT2D eigenvalue weighted by Gasteiger charge is -2.26. The van der Waals surface area contributed by atoms with E-state index >= 15 is 0 Å². The summed E-state index contributed by atoms with van der Waals surface area (Å²) in [6, 6.07) is 0. The number of anilines is 2. The minimum atomic E-state index is -0.0405. The van der Waals surface area contributed by atoms with E-state index in [1.165, 1.54) is 0 Å². The van der Waals surface area contributed by atoms with Crippen molar-refractivity contribution in [2.45, 2.75) is 47.0 Å². The highest BCUT2D eigenvalue weighted by Gasteiger charge is 2.22. The molecular weight excluding hydrogens is 224 g/mol. The molecule has 0 fully saturated rings. The number of hydrogen-bond acceptors (Lipinski definition) is 4. The number of rotatable bonds is 4. The van der Waals surface area contributed by atoms with Crippen molar-refractivity contribution in [3.05, 3.63) is 11.4 Å². The normalized spacial score (nSPS) is 11.5. The van der Waals surface area contributed by atoms with Crippen LogP contribution in [0.15, 0.2) is 0 Å². The molecule has 0 aliphatic rings. The molecule has 0 saturated heterocycles. The zero-order valence-electron chi connectivity index (χ0n) is 12.8. The van der Waals surface area contributed by atoms with Gasteiger partial charge in [0.2, 0.25) is 0 Å². The van der Waals surface area contributed by atoms with Gasteiger partial charge in [-0.2, -0.15) is 0 Å². The molecule has 0 spiro atoms. The first-order valence-corrected chi connectivity index (χ1v) is 6.66. The first-order chi connectivity index (χ1) is 8.35. The molecule has 1 N–H and O–H groups in total. The molecule has 0 aliphatic carbocycles. The summed E-state index contributed by atoms with van der Waals surface area (Å²) in [4.78, 5) is 11.7. The molecule has 4 heteroatoms. The third kappa shape index (κ3) is 2.92. The van der Waals surface area contributed by atoms with Crippen LogP contribution in [0.25, 0.3) is 0 Å². The van der Waals surface area contributed by atoms with Gasteiger partial charge in [-0.05, 0) is 20.8 Å². The van der Waals surface area contributed by atoms with E-state index < -0.39 is 0 Å². The molecular formula is C14H26N4. The van der Waals surface area contributed by atoms with E-state index in [2.05, 4.69) is 56.7 Å². The van der Waals surface area contributed by atoms with Gasteiger partial charge >= 0.3 is 0 Å². The number of nitrogens with zero attached hydrogens (tertiary/aromatic N) is 3. The van der Waals surface area contributed by atoms with Gasteiger partial charge in [-0.1, -0.05) is 20.8 Å². The van der Waals surface area contributed by atoms with Crippen LogP contribution in [0.2, 0.25) is 0 Å². The van der Waals surface area contributed by atoms with E-state index in [-0.39, 0.29) is 5.41 Å². The maximum atomic E-state index is 4.77. The lowest BCUT2D eigenvalue weighted by Crippen LogP contribution is -2.27. The van der Waals surface area contributed by atoms with Crippen LogP contribution < -0.4 is 10.2 Å². The van der Waals surface area contributed by atoms with Crippen LogP contribution >= 0.6 is 0 Å². The molecule has 1 rings (SSSR count). The van der Waals surface area contributed by atoms with E-state index in [0.717, 1.165) is 36.1 Å². The molecule has 4 nitrogen and oxygen atoms in total. The van der Waals surface area contributed by atoms with Crippen molar-refractivity contribution in [1.29, 1.82) is 0 Å². The molecule has 18 heavy (non-hydrogen) atoms. The lowest BCUT2D eigenvalue weighted by atomic mass is 9.95. The number of nitrogens with one attached hydrogen (secondary N) is 1. The fourth-order valence-electron chi connectivity index (χ4n) is 1.91. The minimum absolute atomic E-state index is 0.0405. The van der Waals surface area contributed by atoms with Crippen LogP contribution in [0.5, 0.6) is 0 Å². The Bertz CT molecular complexity index is 403. The summed E-state index contributed by atoms with van der Waals surface area (Å²) >= 11 is 0. The van der Waals surface area contributed by atoms with Crippen molar-refractivity contribution in [3.8, 4) is 0 Å². The highest BCUT2D eigenvalue weighted by Crippen LogP contribution is 2.28. The van der Waals surface area contributed by atoms with Gasteiger partial charge in [0.1, 0.15) is 17.5 Å². The van der Waals surface area contributed by atoms with Gasteiger partial charge in [0.05, 0.1) is 0 Å². The van der Waals surface area contributed by atoms with Gasteiger partial charge in [0.15, 0.2) is 0 Å². The van der Waals surface area contributed by atoms with Crippen LogP contribution in [0.1, 0.15) is 46.0 Å². The highest BCUT2D eigenvalue weighted by molar-refractivity contribution is 5.58. The summed E-state index contributed by atoms with van der Waals surface area (Å²) in [5, 5.41) is 3.17. The predicted octanol–water partition coefficient (Wildman–Crippen LogP) is 2.97. The van der Waals surface area contributed by atoms with Crippen molar-refractivity contribution in [2.75, 3.05) is 30.4 Å². The minimum Gasteiger partial charge on any atom is -0.373 e. The summed E-state index contributed by atoms with van der Waals surface area (Å²) in [5.41, 5.74) is 1.08. The molecule has 102 valence electrons. The van der Waals surface area contributed by atoms with Crippen LogP contribution in [-0.2, 0) is 5.41 Å². The van der Waals surface area contributed by atoms with Gasteiger partial charge in [0, 0.05) is 31.1 Å². The maximum absolute atomic E-state index is 4.77. The van der Waals surface area contributed by atoms with E-state index in [9.17, 15) is 0 Å². The quantitative estimate of drug-likeness (QED) is 0.892. The first kappa shape index (κ1) is 14.7. The lowest BCUT2D eigenvalue weighted by molar-refractivity contribution is 0.544. The fourth-order valence-corrected chi connectivity index (χ4v) is 1.91. The van der Waals surface area contributed by atoms with Gasteiger partial charge < -0.3 is 10.2 Å². The van der Waals surface area contributed by atoms with E-state index in [4.69, 9.17) is 4.98 Å². The van der Waals surface area contributed by atoms with Crippen LogP contribution in [-0.4, -0.2) is 30.1 Å². The Morgan fingerprint density at radius 3 is 2.06 bits per heavy atom. The second kappa shape index (κ2) is 5.55. The second-order valence-electron chi connectivity index (χ2n) is 5.52. The SMILES string of the molecule is CCN(CC)c1nc(C(C)(C)C)nc(NC)c1C. The summed E-state index contributed by atoms with van der Waals surface area (Å²) in [7, 11) is 1.91. The first-order valence-electron chi connectivity index (χ1n) is 6.66. The van der Waals surface area contributed by atoms with Crippen molar-refractivity contribution >= 4 is 11.6 Å². The summed E-state index contributed by atoms with van der Waals surface area (Å²) in [6.45, 7) is 14.7. The Balaban J connectivity index is 3.40. The largest absolute Gasteiger partial charge is 0.373 e. The zero-order valence-corrected chi connectivity index (χ0v) is 12.8. The molecule has 0 aromatic carbocycles. The van der Waals surface area contributed by atoms with Crippen molar-refractivity contribution in [1.82, 2.24) is 9.97 Å². The third-order valence-corrected chi connectivity index (χ3v) is 3.09. The average molecular weight is 250 g/mol. The molecule has 0 radical (unpaired) electrons. The van der Waals surface area contributed by atoms with Crippen LogP contribution in [0.4, 0.5) is 11.6 Å². The van der Waals surface area contributed by atoms with E-state index in [1.54, 1.807) is 0 Å². The molecule has 1 aromatic heterocycles. The second-order valence-corrected chi connectivity index (χ2v) is 5.52. The molecule has 0 amide bonds. The Morgan fingerprint density at radius 1 is 1.11 bits per heavy atom. The summed E-state index contributed by atoms with van der Waals surface area (Å²) < 4.78 is 0. The molecule has 0 unspecified atom stereocenters. The third-order valence-electron chi connectivity index (χ3n) is 3.09. The van der Waals surface area contributed by atoms with Crippen LogP contribution in [0.3, 0.4) is 0 Å². The molecule has 0 saturated carbocycles. The van der Waals surface area contributed by atoms with Gasteiger partial charge in [0.25, 0.3) is 0 Å². The van der Waals surface area contributed by atoms with E-state index in [0.29, 0.717) is 0 Å². The predicted molar refractivity (Wildman–Crippen MR) is 78.6 cm³/mol. The Morgan fingerprint density at radius 2 is 1.67 bits per heavy atom. The highest BCUT2D eigenvalue weighted by atomic mass is 15.2. The van der Waals surface area contributed by atoms with Crippen LogP contribution in [0, 0.1) is 6.92 Å². The average Bonchev–Trinajstić information content (AvgIpc) is 2.31. The molecule has 0 atom stereocenters. The molecule has 0 bridgehead atoms. The monoisotopic (exact) mass is 250 g/mol. The van der Waals surface area contributed by atoms with Crippen molar-refractivity contribution < 1.29 is 0 Å². The van der Waals surface area contributed by atoms with Crippen molar-refractivity contribution in [2.24, 2.45) is 0 Å². The van der Waals surface area contributed by atoms with Gasteiger partial charge in [-0.15, -0.1) is 0 Å². The molecule has 1 aromatic rings.